The molecule has 9 nitrogen and oxygen atoms in total. The zero-order valence-corrected chi connectivity index (χ0v) is 13.0. The minimum atomic E-state index is -4.87. The standard InChI is InChI=1S/C13H12F3N7O2/c1-8-5-3-4-6-10(8)25-7-9-11(17-18-23(9)13(14,15)16)22-12(24)21(2)19-20-22/h3-6H,7H2,1-2H3/i3T. The molecule has 3 aromatic rings. The Kier molecular flexibility index (Phi) is 3.71. The van der Waals surface area contributed by atoms with Gasteiger partial charge in [0.05, 0.1) is 1.37 Å². The summed E-state index contributed by atoms with van der Waals surface area (Å²) in [5.41, 5.74) is -0.730. The number of nitrogens with zero attached hydrogens (tertiary/aromatic N) is 7. The molecule has 132 valence electrons. The Labute approximate surface area is 139 Å². The molecule has 0 aliphatic heterocycles. The van der Waals surface area contributed by atoms with Crippen LogP contribution >= 0.6 is 0 Å². The number of aromatic nitrogens is 7. The first-order chi connectivity index (χ1) is 12.2. The fourth-order valence-corrected chi connectivity index (χ4v) is 2.04. The topological polar surface area (TPSA) is 92.7 Å². The molecule has 0 saturated carbocycles. The average Bonchev–Trinajstić information content (AvgIpc) is 3.10. The molecule has 12 heteroatoms. The monoisotopic (exact) mass is 357 g/mol. The summed E-state index contributed by atoms with van der Waals surface area (Å²) in [4.78, 5) is 11.9. The number of para-hydroxylation sites is 1. The van der Waals surface area contributed by atoms with Crippen molar-refractivity contribution in [1.82, 2.24) is 34.8 Å². The van der Waals surface area contributed by atoms with Gasteiger partial charge in [0, 0.05) is 7.05 Å². The van der Waals surface area contributed by atoms with Crippen molar-refractivity contribution in [2.75, 3.05) is 0 Å². The third kappa shape index (κ3) is 3.09. The SMILES string of the molecule is [3H]c1ccc(OCc2c(-n3nnn(C)c3=O)nnn2C(F)(F)F)c(C)c1. The van der Waals surface area contributed by atoms with E-state index in [9.17, 15) is 18.0 Å². The van der Waals surface area contributed by atoms with Crippen LogP contribution in [-0.2, 0) is 20.0 Å². The maximum Gasteiger partial charge on any atom is 0.506 e. The van der Waals surface area contributed by atoms with Gasteiger partial charge in [0.15, 0.2) is 0 Å². The molecule has 0 aliphatic rings. The number of halogens is 3. The largest absolute Gasteiger partial charge is 0.506 e. The van der Waals surface area contributed by atoms with Crippen molar-refractivity contribution in [2.24, 2.45) is 7.05 Å². The molecule has 0 saturated heterocycles. The van der Waals surface area contributed by atoms with Crippen LogP contribution in [0.1, 0.15) is 12.6 Å². The van der Waals surface area contributed by atoms with E-state index in [0.29, 0.717) is 10.2 Å². The number of alkyl halides is 3. The summed E-state index contributed by atoms with van der Waals surface area (Å²) >= 11 is 0. The van der Waals surface area contributed by atoms with Crippen LogP contribution in [0.5, 0.6) is 5.75 Å². The first-order valence-corrected chi connectivity index (χ1v) is 6.89. The first kappa shape index (κ1) is 15.4. The fourth-order valence-electron chi connectivity index (χ4n) is 2.04. The lowest BCUT2D eigenvalue weighted by atomic mass is 10.2. The van der Waals surface area contributed by atoms with Gasteiger partial charge in [0.1, 0.15) is 18.1 Å². The quantitative estimate of drug-likeness (QED) is 0.689. The van der Waals surface area contributed by atoms with Gasteiger partial charge in [-0.1, -0.05) is 23.4 Å². The van der Waals surface area contributed by atoms with E-state index in [1.54, 1.807) is 6.92 Å². The van der Waals surface area contributed by atoms with Gasteiger partial charge in [0.25, 0.3) is 0 Å². The first-order valence-electron chi connectivity index (χ1n) is 7.39. The van der Waals surface area contributed by atoms with Crippen molar-refractivity contribution < 1.29 is 19.3 Å². The van der Waals surface area contributed by atoms with Crippen LogP contribution in [0, 0.1) is 6.92 Å². The summed E-state index contributed by atoms with van der Waals surface area (Å²) < 4.78 is 53.7. The van der Waals surface area contributed by atoms with Crippen molar-refractivity contribution in [3.63, 3.8) is 0 Å². The lowest BCUT2D eigenvalue weighted by molar-refractivity contribution is -0.215. The molecule has 2 heterocycles. The minimum Gasteiger partial charge on any atom is -0.487 e. The van der Waals surface area contributed by atoms with Crippen LogP contribution in [0.15, 0.2) is 29.0 Å². The van der Waals surface area contributed by atoms with Gasteiger partial charge in [-0.3, -0.25) is 0 Å². The van der Waals surface area contributed by atoms with Gasteiger partial charge in [-0.25, -0.2) is 4.79 Å². The van der Waals surface area contributed by atoms with Crippen molar-refractivity contribution in [3.05, 3.63) is 46.0 Å². The number of benzene rings is 1. The second kappa shape index (κ2) is 6.03. The maximum absolute atomic E-state index is 13.2. The minimum absolute atomic E-state index is 0.239. The number of tetrazole rings is 1. The smallest absolute Gasteiger partial charge is 0.487 e. The molecule has 0 radical (unpaired) electrons. The van der Waals surface area contributed by atoms with Gasteiger partial charge in [-0.15, -0.1) is 27.6 Å². The maximum atomic E-state index is 13.2. The Hall–Kier alpha value is -3.18. The van der Waals surface area contributed by atoms with E-state index in [-0.39, 0.29) is 16.5 Å². The van der Waals surface area contributed by atoms with Crippen LogP contribution in [0.4, 0.5) is 13.2 Å². The van der Waals surface area contributed by atoms with E-state index in [4.69, 9.17) is 6.11 Å². The molecule has 0 spiro atoms. The molecule has 0 fully saturated rings. The van der Waals surface area contributed by atoms with Crippen LogP contribution in [0.25, 0.3) is 5.82 Å². The number of rotatable bonds is 4. The average molecular weight is 357 g/mol. The highest BCUT2D eigenvalue weighted by Gasteiger charge is 2.37. The van der Waals surface area contributed by atoms with Crippen LogP contribution in [-0.4, -0.2) is 34.8 Å². The molecule has 25 heavy (non-hydrogen) atoms. The van der Waals surface area contributed by atoms with Gasteiger partial charge in [0.2, 0.25) is 5.82 Å². The Balaban J connectivity index is 2.02. The predicted octanol–water partition coefficient (Wildman–Crippen LogP) is 0.921. The lowest BCUT2D eigenvalue weighted by Crippen LogP contribution is -2.25. The van der Waals surface area contributed by atoms with E-state index < -0.39 is 30.1 Å². The summed E-state index contributed by atoms with van der Waals surface area (Å²) in [5, 5.41) is 13.4. The number of hydrogen-bond acceptors (Lipinski definition) is 6. The van der Waals surface area contributed by atoms with Crippen molar-refractivity contribution >= 4 is 0 Å². The zero-order valence-electron chi connectivity index (χ0n) is 14.0. The van der Waals surface area contributed by atoms with E-state index in [1.165, 1.54) is 25.2 Å². The highest BCUT2D eigenvalue weighted by Crippen LogP contribution is 2.26. The molecular weight excluding hydrogens is 343 g/mol. The number of ether oxygens (including phenoxy) is 1. The molecule has 0 aliphatic carbocycles. The van der Waals surface area contributed by atoms with E-state index >= 15 is 0 Å². The summed E-state index contributed by atoms with van der Waals surface area (Å²) in [7, 11) is 1.29. The highest BCUT2D eigenvalue weighted by atomic mass is 19.4. The molecule has 0 unspecified atom stereocenters. The Morgan fingerprint density at radius 2 is 2.04 bits per heavy atom. The lowest BCUT2D eigenvalue weighted by Gasteiger charge is -2.12. The Morgan fingerprint density at radius 3 is 2.64 bits per heavy atom. The third-order valence-corrected chi connectivity index (χ3v) is 3.29. The van der Waals surface area contributed by atoms with Crippen LogP contribution in [0.2, 0.25) is 0 Å². The van der Waals surface area contributed by atoms with Crippen molar-refractivity contribution in [2.45, 2.75) is 19.8 Å². The van der Waals surface area contributed by atoms with E-state index in [0.717, 1.165) is 4.68 Å². The normalized spacial score (nSPS) is 12.3. The predicted molar refractivity (Wildman–Crippen MR) is 77.0 cm³/mol. The molecule has 2 aromatic heterocycles. The molecule has 0 bridgehead atoms. The highest BCUT2D eigenvalue weighted by molar-refractivity contribution is 5.33. The van der Waals surface area contributed by atoms with Gasteiger partial charge in [-0.05, 0) is 29.0 Å². The van der Waals surface area contributed by atoms with Crippen LogP contribution in [0.3, 0.4) is 0 Å². The van der Waals surface area contributed by atoms with E-state index in [1.807, 2.05) is 0 Å². The second-order valence-corrected chi connectivity index (χ2v) is 5.02. The number of hydrogen-bond donors (Lipinski definition) is 0. The van der Waals surface area contributed by atoms with E-state index in [2.05, 4.69) is 20.7 Å². The summed E-state index contributed by atoms with van der Waals surface area (Å²) in [6, 6.07) is 4.65. The molecule has 0 atom stereocenters. The van der Waals surface area contributed by atoms with Crippen molar-refractivity contribution in [3.8, 4) is 11.6 Å². The molecule has 0 N–H and O–H groups in total. The third-order valence-electron chi connectivity index (χ3n) is 3.29. The molecular formula is C13H12F3N7O2. The summed E-state index contributed by atoms with van der Waals surface area (Å²) in [5.74, 6) is -0.149. The zero-order chi connectivity index (χ0) is 19.1. The second-order valence-electron chi connectivity index (χ2n) is 5.02. The summed E-state index contributed by atoms with van der Waals surface area (Å²) in [6.07, 6.45) is -4.87. The van der Waals surface area contributed by atoms with Crippen LogP contribution < -0.4 is 10.4 Å². The fraction of sp³-hybridized carbons (Fsp3) is 0.308. The molecule has 3 rings (SSSR count). The summed E-state index contributed by atoms with van der Waals surface area (Å²) in [6.45, 7) is 1.07. The van der Waals surface area contributed by atoms with Gasteiger partial charge >= 0.3 is 12.0 Å². The number of aryl methyl sites for hydroxylation is 2. The Bertz CT molecular complexity index is 1010. The molecule has 0 amide bonds. The molecule has 1 aromatic carbocycles. The van der Waals surface area contributed by atoms with Gasteiger partial charge < -0.3 is 4.74 Å². The van der Waals surface area contributed by atoms with Gasteiger partial charge in [-0.2, -0.15) is 4.68 Å². The van der Waals surface area contributed by atoms with Crippen molar-refractivity contribution in [1.29, 1.82) is 0 Å². The Morgan fingerprint density at radius 1 is 1.28 bits per heavy atom.